The fraction of sp³-hybridized carbons (Fsp3) is 0.400. The summed E-state index contributed by atoms with van der Waals surface area (Å²) in [4.78, 5) is 13.3. The Labute approximate surface area is 153 Å². The summed E-state index contributed by atoms with van der Waals surface area (Å²) in [6.07, 6.45) is 16.5. The first-order valence-corrected chi connectivity index (χ1v) is 9.41. The third kappa shape index (κ3) is 3.74. The molecule has 0 saturated heterocycles. The minimum atomic E-state index is 0.521. The lowest BCUT2D eigenvalue weighted by atomic mass is 10.2. The van der Waals surface area contributed by atoms with Crippen LogP contribution in [0.25, 0.3) is 16.8 Å². The van der Waals surface area contributed by atoms with Gasteiger partial charge >= 0.3 is 0 Å². The summed E-state index contributed by atoms with van der Waals surface area (Å²) in [6.45, 7) is 2.16. The highest BCUT2D eigenvalue weighted by molar-refractivity contribution is 5.60. The van der Waals surface area contributed by atoms with Crippen molar-refractivity contribution in [1.29, 1.82) is 0 Å². The number of pyridine rings is 1. The number of rotatable bonds is 6. The van der Waals surface area contributed by atoms with Crippen LogP contribution in [0.5, 0.6) is 0 Å². The summed E-state index contributed by atoms with van der Waals surface area (Å²) in [5.74, 6) is 0.714. The van der Waals surface area contributed by atoms with Gasteiger partial charge in [-0.25, -0.2) is 14.6 Å². The quantitative estimate of drug-likeness (QED) is 0.728. The van der Waals surface area contributed by atoms with E-state index in [1.165, 1.54) is 25.7 Å². The van der Waals surface area contributed by atoms with Gasteiger partial charge in [0.2, 0.25) is 5.95 Å². The Kier molecular flexibility index (Phi) is 4.91. The number of hydrogen-bond acceptors (Lipinski definition) is 5. The Hall–Kier alpha value is -2.76. The molecule has 1 saturated carbocycles. The Morgan fingerprint density at radius 1 is 1.08 bits per heavy atom. The number of aromatic nitrogens is 5. The molecule has 0 atom stereocenters. The third-order valence-electron chi connectivity index (χ3n) is 4.83. The molecule has 4 rings (SSSR count). The largest absolute Gasteiger partial charge is 0.351 e. The van der Waals surface area contributed by atoms with E-state index in [4.69, 9.17) is 0 Å². The number of aryl methyl sites for hydroxylation is 1. The van der Waals surface area contributed by atoms with Crippen LogP contribution in [0.3, 0.4) is 0 Å². The highest BCUT2D eigenvalue weighted by atomic mass is 15.3. The van der Waals surface area contributed by atoms with Crippen LogP contribution in [0.15, 0.2) is 43.1 Å². The monoisotopic (exact) mass is 348 g/mol. The summed E-state index contributed by atoms with van der Waals surface area (Å²) in [6, 6.07) is 4.58. The Balaban J connectivity index is 1.49. The van der Waals surface area contributed by atoms with E-state index < -0.39 is 0 Å². The van der Waals surface area contributed by atoms with Crippen LogP contribution in [0, 0.1) is 0 Å². The molecule has 3 aromatic rings. The molecule has 0 spiro atoms. The summed E-state index contributed by atoms with van der Waals surface area (Å²) >= 11 is 0. The van der Waals surface area contributed by atoms with E-state index in [2.05, 4.69) is 38.4 Å². The van der Waals surface area contributed by atoms with E-state index >= 15 is 0 Å². The zero-order valence-corrected chi connectivity index (χ0v) is 15.1. The van der Waals surface area contributed by atoms with Gasteiger partial charge in [-0.3, -0.25) is 4.98 Å². The van der Waals surface area contributed by atoms with Crippen molar-refractivity contribution in [3.05, 3.63) is 48.8 Å². The molecule has 0 unspecified atom stereocenters. The molecule has 26 heavy (non-hydrogen) atoms. The van der Waals surface area contributed by atoms with Crippen molar-refractivity contribution in [3.63, 3.8) is 0 Å². The smallest absolute Gasteiger partial charge is 0.222 e. The average molecular weight is 348 g/mol. The molecule has 1 fully saturated rings. The first-order chi connectivity index (χ1) is 12.8. The number of nitrogens with zero attached hydrogens (tertiary/aromatic N) is 5. The minimum absolute atomic E-state index is 0.521. The first kappa shape index (κ1) is 16.7. The van der Waals surface area contributed by atoms with Crippen LogP contribution >= 0.6 is 0 Å². The standard InChI is InChI=1S/C20H24N6/c1-2-5-18-10-19(8-9-21-18)26-14-16(13-24-26)15-11-22-20(23-12-15)25-17-6-3-4-7-17/h8-14,17H,2-7H2,1H3,(H,22,23,25). The van der Waals surface area contributed by atoms with Crippen LogP contribution in [-0.4, -0.2) is 30.8 Å². The van der Waals surface area contributed by atoms with Gasteiger partial charge in [-0.05, 0) is 31.4 Å². The average Bonchev–Trinajstić information content (AvgIpc) is 3.35. The fourth-order valence-corrected chi connectivity index (χ4v) is 3.42. The second-order valence-corrected chi connectivity index (χ2v) is 6.85. The van der Waals surface area contributed by atoms with Crippen molar-refractivity contribution in [3.8, 4) is 16.8 Å². The first-order valence-electron chi connectivity index (χ1n) is 9.41. The molecule has 0 aliphatic heterocycles. The van der Waals surface area contributed by atoms with E-state index in [0.717, 1.165) is 35.3 Å². The van der Waals surface area contributed by atoms with Crippen molar-refractivity contribution in [1.82, 2.24) is 24.7 Å². The number of hydrogen-bond donors (Lipinski definition) is 1. The number of anilines is 1. The van der Waals surface area contributed by atoms with E-state index in [1.807, 2.05) is 41.7 Å². The molecule has 0 aromatic carbocycles. The van der Waals surface area contributed by atoms with Gasteiger partial charge in [0.15, 0.2) is 0 Å². The lowest BCUT2D eigenvalue weighted by Crippen LogP contribution is -2.16. The summed E-state index contributed by atoms with van der Waals surface area (Å²) in [5, 5.41) is 7.91. The predicted octanol–water partition coefficient (Wildman–Crippen LogP) is 4.03. The molecule has 0 bridgehead atoms. The SMILES string of the molecule is CCCc1cc(-n2cc(-c3cnc(NC4CCCC4)nc3)cn2)ccn1. The molecule has 1 N–H and O–H groups in total. The van der Waals surface area contributed by atoms with Crippen LogP contribution < -0.4 is 5.32 Å². The van der Waals surface area contributed by atoms with Gasteiger partial charge in [-0.15, -0.1) is 0 Å². The molecule has 1 aliphatic carbocycles. The highest BCUT2D eigenvalue weighted by Crippen LogP contribution is 2.22. The molecule has 6 nitrogen and oxygen atoms in total. The number of nitrogens with one attached hydrogen (secondary N) is 1. The van der Waals surface area contributed by atoms with E-state index in [9.17, 15) is 0 Å². The predicted molar refractivity (Wildman–Crippen MR) is 102 cm³/mol. The Morgan fingerprint density at radius 2 is 1.88 bits per heavy atom. The Bertz CT molecular complexity index is 849. The lowest BCUT2D eigenvalue weighted by molar-refractivity contribution is 0.744. The van der Waals surface area contributed by atoms with Crippen molar-refractivity contribution < 1.29 is 0 Å². The molecule has 3 heterocycles. The van der Waals surface area contributed by atoms with Gasteiger partial charge in [-0.2, -0.15) is 5.10 Å². The zero-order chi connectivity index (χ0) is 17.8. The van der Waals surface area contributed by atoms with Gasteiger partial charge in [0, 0.05) is 47.7 Å². The van der Waals surface area contributed by atoms with Gasteiger partial charge in [-0.1, -0.05) is 26.2 Å². The van der Waals surface area contributed by atoms with Crippen LogP contribution in [0.1, 0.15) is 44.7 Å². The third-order valence-corrected chi connectivity index (χ3v) is 4.83. The fourth-order valence-electron chi connectivity index (χ4n) is 3.42. The van der Waals surface area contributed by atoms with Crippen molar-refractivity contribution in [2.75, 3.05) is 5.32 Å². The topological polar surface area (TPSA) is 68.5 Å². The van der Waals surface area contributed by atoms with Crippen molar-refractivity contribution in [2.45, 2.75) is 51.5 Å². The Morgan fingerprint density at radius 3 is 2.65 bits per heavy atom. The maximum Gasteiger partial charge on any atom is 0.222 e. The molecular weight excluding hydrogens is 324 g/mol. The van der Waals surface area contributed by atoms with Crippen LogP contribution in [0.4, 0.5) is 5.95 Å². The summed E-state index contributed by atoms with van der Waals surface area (Å²) in [5.41, 5.74) is 4.09. The van der Waals surface area contributed by atoms with Crippen molar-refractivity contribution in [2.24, 2.45) is 0 Å². The second-order valence-electron chi connectivity index (χ2n) is 6.85. The normalized spacial score (nSPS) is 14.7. The molecule has 3 aromatic heterocycles. The molecular formula is C20H24N6. The van der Waals surface area contributed by atoms with E-state index in [-0.39, 0.29) is 0 Å². The van der Waals surface area contributed by atoms with Crippen LogP contribution in [-0.2, 0) is 6.42 Å². The van der Waals surface area contributed by atoms with Crippen LogP contribution in [0.2, 0.25) is 0 Å². The van der Waals surface area contributed by atoms with E-state index in [1.54, 1.807) is 0 Å². The maximum atomic E-state index is 4.49. The molecule has 134 valence electrons. The highest BCUT2D eigenvalue weighted by Gasteiger charge is 2.15. The summed E-state index contributed by atoms with van der Waals surface area (Å²) < 4.78 is 1.88. The van der Waals surface area contributed by atoms with E-state index in [0.29, 0.717) is 12.0 Å². The van der Waals surface area contributed by atoms with Gasteiger partial charge in [0.05, 0.1) is 11.9 Å². The lowest BCUT2D eigenvalue weighted by Gasteiger charge is -2.11. The maximum absolute atomic E-state index is 4.49. The van der Waals surface area contributed by atoms with Crippen molar-refractivity contribution >= 4 is 5.95 Å². The van der Waals surface area contributed by atoms with Gasteiger partial charge < -0.3 is 5.32 Å². The molecule has 1 aliphatic rings. The van der Waals surface area contributed by atoms with Gasteiger partial charge in [0.1, 0.15) is 0 Å². The molecule has 0 amide bonds. The molecule has 6 heteroatoms. The second kappa shape index (κ2) is 7.64. The minimum Gasteiger partial charge on any atom is -0.351 e. The zero-order valence-electron chi connectivity index (χ0n) is 15.1. The van der Waals surface area contributed by atoms with Gasteiger partial charge in [0.25, 0.3) is 0 Å². The molecule has 0 radical (unpaired) electrons. The summed E-state index contributed by atoms with van der Waals surface area (Å²) in [7, 11) is 0.